The van der Waals surface area contributed by atoms with E-state index in [1.807, 2.05) is 36.4 Å². The molecule has 2 N–H and O–H groups in total. The minimum Gasteiger partial charge on any atom is -0.507 e. The Bertz CT molecular complexity index is 754. The van der Waals surface area contributed by atoms with Crippen molar-refractivity contribution in [3.63, 3.8) is 0 Å². The van der Waals surface area contributed by atoms with Crippen LogP contribution in [0.5, 0.6) is 11.5 Å². The fraction of sp³-hybridized carbons (Fsp3) is 0.500. The van der Waals surface area contributed by atoms with Gasteiger partial charge in [0, 0.05) is 17.0 Å². The fourth-order valence-corrected chi connectivity index (χ4v) is 4.13. The Labute approximate surface area is 167 Å². The van der Waals surface area contributed by atoms with Gasteiger partial charge in [-0.05, 0) is 27.1 Å². The standard InChI is InChI=1S/C24H35O2P/c1-22(2,3)17-13-9-11-15(20(17)25)19(24(7,8)27)16-12-10-14-18(21(16)26)23(4,5)6/h9-14,19,25-26H,27H2,1-8H3. The maximum atomic E-state index is 11.1. The van der Waals surface area contributed by atoms with Crippen molar-refractivity contribution < 1.29 is 10.2 Å². The van der Waals surface area contributed by atoms with E-state index in [1.54, 1.807) is 0 Å². The van der Waals surface area contributed by atoms with Gasteiger partial charge in [0.1, 0.15) is 11.5 Å². The normalized spacial score (nSPS) is 13.3. The lowest BCUT2D eigenvalue weighted by Gasteiger charge is -2.35. The second-order valence-electron chi connectivity index (χ2n) is 10.2. The van der Waals surface area contributed by atoms with E-state index >= 15 is 0 Å². The van der Waals surface area contributed by atoms with Crippen molar-refractivity contribution >= 4 is 9.24 Å². The second-order valence-corrected chi connectivity index (χ2v) is 11.7. The van der Waals surface area contributed by atoms with Crippen LogP contribution >= 0.6 is 9.24 Å². The van der Waals surface area contributed by atoms with Crippen LogP contribution < -0.4 is 0 Å². The number of para-hydroxylation sites is 2. The zero-order valence-corrected chi connectivity index (χ0v) is 19.2. The Morgan fingerprint density at radius 1 is 0.667 bits per heavy atom. The van der Waals surface area contributed by atoms with E-state index < -0.39 is 0 Å². The van der Waals surface area contributed by atoms with Gasteiger partial charge in [-0.15, -0.1) is 9.24 Å². The van der Waals surface area contributed by atoms with E-state index in [4.69, 9.17) is 0 Å². The van der Waals surface area contributed by atoms with Crippen molar-refractivity contribution in [2.24, 2.45) is 0 Å². The van der Waals surface area contributed by atoms with Gasteiger partial charge in [0.2, 0.25) is 0 Å². The van der Waals surface area contributed by atoms with E-state index in [2.05, 4.69) is 64.6 Å². The Morgan fingerprint density at radius 3 is 1.26 bits per heavy atom. The van der Waals surface area contributed by atoms with Gasteiger partial charge in [0.25, 0.3) is 0 Å². The lowest BCUT2D eigenvalue weighted by atomic mass is 9.75. The molecule has 0 aromatic heterocycles. The highest BCUT2D eigenvalue weighted by molar-refractivity contribution is 7.19. The van der Waals surface area contributed by atoms with Gasteiger partial charge < -0.3 is 10.2 Å². The second kappa shape index (κ2) is 7.13. The molecule has 0 aliphatic heterocycles. The van der Waals surface area contributed by atoms with Crippen molar-refractivity contribution in [3.8, 4) is 11.5 Å². The third-order valence-electron chi connectivity index (χ3n) is 5.12. The quantitative estimate of drug-likeness (QED) is 0.593. The Hall–Kier alpha value is -1.53. The molecule has 2 rings (SSSR count). The smallest absolute Gasteiger partial charge is 0.123 e. The monoisotopic (exact) mass is 386 g/mol. The molecular weight excluding hydrogens is 351 g/mol. The summed E-state index contributed by atoms with van der Waals surface area (Å²) in [6.07, 6.45) is 0. The van der Waals surface area contributed by atoms with Crippen molar-refractivity contribution in [2.75, 3.05) is 0 Å². The molecule has 0 amide bonds. The van der Waals surface area contributed by atoms with E-state index in [0.29, 0.717) is 11.5 Å². The van der Waals surface area contributed by atoms with Crippen LogP contribution in [0.3, 0.4) is 0 Å². The molecule has 0 aliphatic rings. The molecule has 1 unspecified atom stereocenters. The number of phenols is 2. The number of rotatable bonds is 3. The Morgan fingerprint density at radius 2 is 1.00 bits per heavy atom. The van der Waals surface area contributed by atoms with E-state index in [1.165, 1.54) is 0 Å². The number of hydrogen-bond acceptors (Lipinski definition) is 2. The van der Waals surface area contributed by atoms with Gasteiger partial charge >= 0.3 is 0 Å². The first-order valence-corrected chi connectivity index (χ1v) is 10.2. The molecule has 148 valence electrons. The molecular formula is C24H35O2P. The summed E-state index contributed by atoms with van der Waals surface area (Å²) in [5, 5.41) is 22.0. The highest BCUT2D eigenvalue weighted by atomic mass is 31.0. The van der Waals surface area contributed by atoms with Crippen LogP contribution in [-0.4, -0.2) is 15.4 Å². The first-order chi connectivity index (χ1) is 12.2. The molecule has 2 aromatic carbocycles. The van der Waals surface area contributed by atoms with Crippen LogP contribution in [0.25, 0.3) is 0 Å². The molecule has 0 bridgehead atoms. The third-order valence-corrected chi connectivity index (χ3v) is 5.45. The third kappa shape index (κ3) is 4.49. The molecule has 1 atom stereocenters. The van der Waals surface area contributed by atoms with E-state index in [-0.39, 0.29) is 21.9 Å². The molecule has 0 fully saturated rings. The molecule has 27 heavy (non-hydrogen) atoms. The predicted molar refractivity (Wildman–Crippen MR) is 119 cm³/mol. The molecule has 0 saturated carbocycles. The zero-order chi connectivity index (χ0) is 20.8. The largest absolute Gasteiger partial charge is 0.507 e. The van der Waals surface area contributed by atoms with Gasteiger partial charge in [0.05, 0.1) is 0 Å². The minimum atomic E-state index is -0.262. The summed E-state index contributed by atoms with van der Waals surface area (Å²) in [4.78, 5) is 0. The summed E-state index contributed by atoms with van der Waals surface area (Å²) in [6.45, 7) is 16.8. The summed E-state index contributed by atoms with van der Waals surface area (Å²) in [5.41, 5.74) is 3.22. The summed E-state index contributed by atoms with van der Waals surface area (Å²) in [7, 11) is 2.89. The van der Waals surface area contributed by atoms with Crippen LogP contribution in [-0.2, 0) is 10.8 Å². The van der Waals surface area contributed by atoms with E-state index in [0.717, 1.165) is 22.3 Å². The average molecular weight is 387 g/mol. The van der Waals surface area contributed by atoms with Gasteiger partial charge in [-0.1, -0.05) is 91.8 Å². The van der Waals surface area contributed by atoms with Crippen LogP contribution in [0, 0.1) is 0 Å². The molecule has 2 nitrogen and oxygen atoms in total. The van der Waals surface area contributed by atoms with Crippen LogP contribution in [0.4, 0.5) is 0 Å². The lowest BCUT2D eigenvalue weighted by molar-refractivity contribution is 0.419. The highest BCUT2D eigenvalue weighted by Gasteiger charge is 2.35. The van der Waals surface area contributed by atoms with Crippen LogP contribution in [0.15, 0.2) is 36.4 Å². The summed E-state index contributed by atoms with van der Waals surface area (Å²) >= 11 is 0. The molecule has 0 spiro atoms. The molecule has 2 aromatic rings. The van der Waals surface area contributed by atoms with Crippen LogP contribution in [0.1, 0.15) is 83.6 Å². The lowest BCUT2D eigenvalue weighted by Crippen LogP contribution is -2.25. The molecule has 0 saturated heterocycles. The molecule has 0 aliphatic carbocycles. The SMILES string of the molecule is CC(C)(C)c1cccc(C(c2cccc(C(C)(C)C)c2O)C(C)(C)P)c1O. The van der Waals surface area contributed by atoms with Crippen molar-refractivity contribution in [2.45, 2.75) is 77.3 Å². The van der Waals surface area contributed by atoms with Crippen molar-refractivity contribution in [1.29, 1.82) is 0 Å². The first kappa shape index (κ1) is 21.8. The minimum absolute atomic E-state index is 0.160. The Kier molecular flexibility index (Phi) is 5.75. The van der Waals surface area contributed by atoms with E-state index in [9.17, 15) is 10.2 Å². The maximum Gasteiger partial charge on any atom is 0.123 e. The van der Waals surface area contributed by atoms with Gasteiger partial charge in [-0.3, -0.25) is 0 Å². The highest BCUT2D eigenvalue weighted by Crippen LogP contribution is 2.49. The Balaban J connectivity index is 2.79. The van der Waals surface area contributed by atoms with Gasteiger partial charge in [0.15, 0.2) is 0 Å². The number of benzene rings is 2. The number of hydrogen-bond donors (Lipinski definition) is 2. The zero-order valence-electron chi connectivity index (χ0n) is 18.0. The van der Waals surface area contributed by atoms with Crippen molar-refractivity contribution in [1.82, 2.24) is 0 Å². The average Bonchev–Trinajstić information content (AvgIpc) is 2.47. The number of phenolic OH excluding ortho intramolecular Hbond substituents is 2. The maximum absolute atomic E-state index is 11.1. The summed E-state index contributed by atoms with van der Waals surface area (Å²) in [6, 6.07) is 11.9. The summed E-state index contributed by atoms with van der Waals surface area (Å²) in [5.74, 6) is 0.490. The molecule has 0 radical (unpaired) electrons. The van der Waals surface area contributed by atoms with Gasteiger partial charge in [-0.25, -0.2) is 0 Å². The molecule has 0 heterocycles. The fourth-order valence-electron chi connectivity index (χ4n) is 3.77. The molecule has 3 heteroatoms. The topological polar surface area (TPSA) is 40.5 Å². The summed E-state index contributed by atoms with van der Waals surface area (Å²) < 4.78 is 0. The first-order valence-electron chi connectivity index (χ1n) is 9.59. The van der Waals surface area contributed by atoms with Gasteiger partial charge in [-0.2, -0.15) is 0 Å². The van der Waals surface area contributed by atoms with Crippen molar-refractivity contribution in [3.05, 3.63) is 58.7 Å². The number of aromatic hydroxyl groups is 2. The predicted octanol–water partition coefficient (Wildman–Crippen LogP) is 6.48. The van der Waals surface area contributed by atoms with Crippen LogP contribution in [0.2, 0.25) is 0 Å².